The van der Waals surface area contributed by atoms with Crippen LogP contribution in [0.3, 0.4) is 0 Å². The van der Waals surface area contributed by atoms with Gasteiger partial charge in [-0.05, 0) is 73.6 Å². The number of nitrogens with one attached hydrogen (secondary N) is 1. The predicted octanol–water partition coefficient (Wildman–Crippen LogP) is 5.38. The number of hydrogen-bond acceptors (Lipinski definition) is 2. The highest BCUT2D eigenvalue weighted by molar-refractivity contribution is 6.36. The second-order valence-electron chi connectivity index (χ2n) is 8.70. The second-order valence-corrected chi connectivity index (χ2v) is 9.51. The Morgan fingerprint density at radius 1 is 1.03 bits per heavy atom. The van der Waals surface area contributed by atoms with Crippen LogP contribution in [0.5, 0.6) is 0 Å². The van der Waals surface area contributed by atoms with Crippen LogP contribution in [0.4, 0.5) is 9.18 Å². The summed E-state index contributed by atoms with van der Waals surface area (Å²) in [5.41, 5.74) is 2.41. The minimum absolute atomic E-state index is 0.0325. The molecule has 0 saturated carbocycles. The average Bonchev–Trinajstić information content (AvgIpc) is 3.17. The lowest BCUT2D eigenvalue weighted by molar-refractivity contribution is -0.133. The standard InChI is InChI=1S/C25H28Cl2FN3O2/c1-2-29-25(33)30-10-8-20(9-11-30)31-12-7-17(24(31)32)13-21-22(26)14-18(15-23(21)27)16-3-5-19(28)6-4-16/h3-6,14-15,17,20H,2,7-13H2,1H3,(H,29,33)/t17-/m0/s1. The summed E-state index contributed by atoms with van der Waals surface area (Å²) < 4.78 is 13.2. The van der Waals surface area contributed by atoms with Crippen molar-refractivity contribution in [1.82, 2.24) is 15.1 Å². The topological polar surface area (TPSA) is 52.7 Å². The second kappa shape index (κ2) is 10.3. The van der Waals surface area contributed by atoms with Gasteiger partial charge in [0.1, 0.15) is 5.82 Å². The van der Waals surface area contributed by atoms with E-state index in [1.54, 1.807) is 12.1 Å². The molecule has 2 aromatic rings. The fourth-order valence-corrected chi connectivity index (χ4v) is 5.45. The molecule has 33 heavy (non-hydrogen) atoms. The van der Waals surface area contributed by atoms with Crippen molar-refractivity contribution in [2.24, 2.45) is 5.92 Å². The first-order valence-electron chi connectivity index (χ1n) is 11.4. The summed E-state index contributed by atoms with van der Waals surface area (Å²) in [6, 6.07) is 9.96. The Morgan fingerprint density at radius 2 is 1.67 bits per heavy atom. The van der Waals surface area contributed by atoms with Crippen LogP contribution in [-0.4, -0.2) is 54.0 Å². The number of likely N-dealkylation sites (tertiary alicyclic amines) is 2. The fourth-order valence-electron chi connectivity index (χ4n) is 4.81. The molecule has 0 spiro atoms. The molecule has 8 heteroatoms. The molecule has 1 N–H and O–H groups in total. The molecular formula is C25H28Cl2FN3O2. The number of benzene rings is 2. The predicted molar refractivity (Wildman–Crippen MR) is 129 cm³/mol. The van der Waals surface area contributed by atoms with Crippen LogP contribution in [0.1, 0.15) is 31.7 Å². The fraction of sp³-hybridized carbons (Fsp3) is 0.440. The van der Waals surface area contributed by atoms with Gasteiger partial charge in [0, 0.05) is 48.2 Å². The normalized spacial score (nSPS) is 19.3. The molecule has 2 saturated heterocycles. The van der Waals surface area contributed by atoms with E-state index in [4.69, 9.17) is 23.2 Å². The molecule has 2 aliphatic heterocycles. The number of piperidine rings is 1. The summed E-state index contributed by atoms with van der Waals surface area (Å²) in [4.78, 5) is 29.0. The minimum atomic E-state index is -0.299. The van der Waals surface area contributed by atoms with Crippen LogP contribution < -0.4 is 5.32 Å². The molecule has 0 radical (unpaired) electrons. The number of carbonyl (C=O) groups excluding carboxylic acids is 2. The molecule has 2 aliphatic rings. The minimum Gasteiger partial charge on any atom is -0.339 e. The van der Waals surface area contributed by atoms with E-state index < -0.39 is 0 Å². The van der Waals surface area contributed by atoms with Gasteiger partial charge in [0.15, 0.2) is 0 Å². The van der Waals surface area contributed by atoms with Gasteiger partial charge in [0.2, 0.25) is 5.91 Å². The lowest BCUT2D eigenvalue weighted by Gasteiger charge is -2.36. The van der Waals surface area contributed by atoms with Crippen LogP contribution in [-0.2, 0) is 11.2 Å². The van der Waals surface area contributed by atoms with Crippen molar-refractivity contribution in [3.63, 3.8) is 0 Å². The molecule has 3 amide bonds. The Morgan fingerprint density at radius 3 is 2.27 bits per heavy atom. The number of amides is 3. The van der Waals surface area contributed by atoms with Crippen molar-refractivity contribution in [1.29, 1.82) is 0 Å². The number of hydrogen-bond donors (Lipinski definition) is 1. The van der Waals surface area contributed by atoms with Crippen molar-refractivity contribution < 1.29 is 14.0 Å². The first-order valence-corrected chi connectivity index (χ1v) is 12.2. The van der Waals surface area contributed by atoms with Gasteiger partial charge < -0.3 is 15.1 Å². The highest BCUT2D eigenvalue weighted by Gasteiger charge is 2.38. The smallest absolute Gasteiger partial charge is 0.317 e. The number of urea groups is 1. The van der Waals surface area contributed by atoms with Crippen molar-refractivity contribution >= 4 is 35.1 Å². The van der Waals surface area contributed by atoms with E-state index >= 15 is 0 Å². The third-order valence-electron chi connectivity index (χ3n) is 6.64. The molecule has 0 aromatic heterocycles. The van der Waals surface area contributed by atoms with Gasteiger partial charge in [0.05, 0.1) is 0 Å². The van der Waals surface area contributed by atoms with Crippen molar-refractivity contribution in [3.05, 3.63) is 57.8 Å². The summed E-state index contributed by atoms with van der Waals surface area (Å²) in [7, 11) is 0. The summed E-state index contributed by atoms with van der Waals surface area (Å²) in [5, 5.41) is 3.87. The molecule has 2 fully saturated rings. The molecule has 0 aliphatic carbocycles. The van der Waals surface area contributed by atoms with E-state index in [2.05, 4.69) is 5.32 Å². The van der Waals surface area contributed by atoms with Gasteiger partial charge in [0.25, 0.3) is 0 Å². The number of halogens is 3. The maximum Gasteiger partial charge on any atom is 0.317 e. The van der Waals surface area contributed by atoms with Crippen LogP contribution in [0, 0.1) is 11.7 Å². The molecule has 0 unspecified atom stereocenters. The van der Waals surface area contributed by atoms with Crippen LogP contribution in [0.25, 0.3) is 11.1 Å². The lowest BCUT2D eigenvalue weighted by atomic mass is 9.95. The largest absolute Gasteiger partial charge is 0.339 e. The van der Waals surface area contributed by atoms with Crippen molar-refractivity contribution in [2.75, 3.05) is 26.2 Å². The highest BCUT2D eigenvalue weighted by atomic mass is 35.5. The third kappa shape index (κ3) is 5.28. The average molecular weight is 492 g/mol. The molecule has 5 nitrogen and oxygen atoms in total. The summed E-state index contributed by atoms with van der Waals surface area (Å²) in [6.07, 6.45) is 2.85. The Kier molecular flexibility index (Phi) is 7.45. The highest BCUT2D eigenvalue weighted by Crippen LogP contribution is 2.36. The Bertz CT molecular complexity index is 1000. The molecular weight excluding hydrogens is 464 g/mol. The van der Waals surface area contributed by atoms with Crippen LogP contribution in [0.15, 0.2) is 36.4 Å². The summed E-state index contributed by atoms with van der Waals surface area (Å²) in [5.74, 6) is -0.314. The number of carbonyl (C=O) groups is 2. The summed E-state index contributed by atoms with van der Waals surface area (Å²) >= 11 is 13.1. The van der Waals surface area contributed by atoms with E-state index in [0.29, 0.717) is 36.1 Å². The van der Waals surface area contributed by atoms with Gasteiger partial charge in [-0.3, -0.25) is 4.79 Å². The van der Waals surface area contributed by atoms with Crippen molar-refractivity contribution in [2.45, 2.75) is 38.6 Å². The molecule has 0 bridgehead atoms. The first-order chi connectivity index (χ1) is 15.9. The zero-order chi connectivity index (χ0) is 23.5. The maximum atomic E-state index is 13.2. The molecule has 2 heterocycles. The van der Waals surface area contributed by atoms with Gasteiger partial charge in [-0.15, -0.1) is 0 Å². The van der Waals surface area contributed by atoms with Crippen LogP contribution in [0.2, 0.25) is 10.0 Å². The van der Waals surface area contributed by atoms with Gasteiger partial charge in [-0.1, -0.05) is 35.3 Å². The number of rotatable bonds is 5. The monoisotopic (exact) mass is 491 g/mol. The van der Waals surface area contributed by atoms with Crippen LogP contribution >= 0.6 is 23.2 Å². The SMILES string of the molecule is CCNC(=O)N1CCC(N2CC[C@@H](Cc3c(Cl)cc(-c4ccc(F)cc4)cc3Cl)C2=O)CC1. The van der Waals surface area contributed by atoms with E-state index in [9.17, 15) is 14.0 Å². The zero-order valence-electron chi connectivity index (χ0n) is 18.6. The Labute approximate surface area is 203 Å². The number of nitrogens with zero attached hydrogens (tertiary/aromatic N) is 2. The Balaban J connectivity index is 1.40. The van der Waals surface area contributed by atoms with E-state index in [-0.39, 0.29) is 29.7 Å². The van der Waals surface area contributed by atoms with Gasteiger partial charge in [-0.25, -0.2) is 9.18 Å². The zero-order valence-corrected chi connectivity index (χ0v) is 20.1. The lowest BCUT2D eigenvalue weighted by Crippen LogP contribution is -2.50. The molecule has 1 atom stereocenters. The van der Waals surface area contributed by atoms with Gasteiger partial charge in [-0.2, -0.15) is 0 Å². The van der Waals surface area contributed by atoms with Gasteiger partial charge >= 0.3 is 6.03 Å². The van der Waals surface area contributed by atoms with E-state index in [1.165, 1.54) is 12.1 Å². The molecule has 176 valence electrons. The summed E-state index contributed by atoms with van der Waals surface area (Å²) in [6.45, 7) is 4.56. The van der Waals surface area contributed by atoms with E-state index in [1.807, 2.05) is 28.9 Å². The van der Waals surface area contributed by atoms with E-state index in [0.717, 1.165) is 42.5 Å². The molecule has 4 rings (SSSR count). The Hall–Kier alpha value is -2.31. The molecule has 2 aromatic carbocycles. The van der Waals surface area contributed by atoms with Crippen molar-refractivity contribution in [3.8, 4) is 11.1 Å². The quantitative estimate of drug-likeness (QED) is 0.609. The maximum absolute atomic E-state index is 13.2. The third-order valence-corrected chi connectivity index (χ3v) is 7.31. The first kappa shape index (κ1) is 23.8.